The smallest absolute Gasteiger partial charge is 0.255 e. The lowest BCUT2D eigenvalue weighted by Crippen LogP contribution is -2.20. The van der Waals surface area contributed by atoms with Crippen LogP contribution in [0.15, 0.2) is 71.9 Å². The van der Waals surface area contributed by atoms with Gasteiger partial charge >= 0.3 is 0 Å². The van der Waals surface area contributed by atoms with Crippen molar-refractivity contribution in [1.29, 1.82) is 0 Å². The van der Waals surface area contributed by atoms with Crippen LogP contribution < -0.4 is 14.8 Å². The van der Waals surface area contributed by atoms with Crippen molar-refractivity contribution in [2.45, 2.75) is 11.5 Å². The monoisotopic (exact) mass is 431 g/mol. The fraction of sp³-hybridized carbons (Fsp3) is 0.100. The summed E-state index contributed by atoms with van der Waals surface area (Å²) in [5.41, 5.74) is 1.63. The third-order valence-electron chi connectivity index (χ3n) is 4.00. The van der Waals surface area contributed by atoms with Gasteiger partial charge < -0.3 is 10.1 Å². The number of aromatic nitrogens is 1. The molecule has 29 heavy (non-hydrogen) atoms. The van der Waals surface area contributed by atoms with Gasteiger partial charge in [-0.3, -0.25) is 9.78 Å². The van der Waals surface area contributed by atoms with Crippen LogP contribution in [0.2, 0.25) is 5.02 Å². The summed E-state index contributed by atoms with van der Waals surface area (Å²) in [6.45, 7) is 0.363. The molecule has 0 bridgehead atoms. The zero-order valence-electron chi connectivity index (χ0n) is 15.4. The molecule has 150 valence electrons. The minimum Gasteiger partial charge on any atom is -0.489 e. The maximum Gasteiger partial charge on any atom is 0.255 e. The van der Waals surface area contributed by atoms with Crippen molar-refractivity contribution in [2.75, 3.05) is 12.4 Å². The maximum absolute atomic E-state index is 12.6. The minimum atomic E-state index is -3.78. The van der Waals surface area contributed by atoms with Crippen molar-refractivity contribution < 1.29 is 17.9 Å². The van der Waals surface area contributed by atoms with Crippen LogP contribution in [0.4, 0.5) is 5.69 Å². The highest BCUT2D eigenvalue weighted by Crippen LogP contribution is 2.24. The summed E-state index contributed by atoms with van der Waals surface area (Å²) in [7, 11) is -2.51. The van der Waals surface area contributed by atoms with Crippen molar-refractivity contribution in [3.8, 4) is 5.75 Å². The number of sulfonamides is 1. The molecule has 0 atom stereocenters. The topological polar surface area (TPSA) is 97.4 Å². The van der Waals surface area contributed by atoms with Crippen LogP contribution in [0, 0.1) is 0 Å². The van der Waals surface area contributed by atoms with E-state index in [4.69, 9.17) is 16.3 Å². The number of amides is 1. The fourth-order valence-corrected chi connectivity index (χ4v) is 3.72. The molecule has 2 aromatic carbocycles. The molecule has 9 heteroatoms. The summed E-state index contributed by atoms with van der Waals surface area (Å²) < 4.78 is 32.0. The van der Waals surface area contributed by atoms with Gasteiger partial charge in [-0.25, -0.2) is 13.1 Å². The molecule has 7 nitrogen and oxygen atoms in total. The molecule has 0 aliphatic rings. The number of carbonyl (C=O) groups is 1. The first-order valence-electron chi connectivity index (χ1n) is 8.55. The molecule has 3 aromatic rings. The van der Waals surface area contributed by atoms with E-state index in [0.717, 1.165) is 5.56 Å². The molecule has 0 fully saturated rings. The minimum absolute atomic E-state index is 0.0300. The molecule has 3 rings (SSSR count). The van der Waals surface area contributed by atoms with E-state index in [2.05, 4.69) is 15.0 Å². The number of nitrogens with one attached hydrogen (secondary N) is 2. The van der Waals surface area contributed by atoms with Crippen molar-refractivity contribution in [3.05, 3.63) is 83.1 Å². The summed E-state index contributed by atoms with van der Waals surface area (Å²) in [5, 5.41) is 2.76. The highest BCUT2D eigenvalue weighted by molar-refractivity contribution is 7.89. The van der Waals surface area contributed by atoms with Gasteiger partial charge in [0.25, 0.3) is 5.91 Å². The molecule has 0 radical (unpaired) electrons. The number of halogens is 1. The Hall–Kier alpha value is -2.94. The molecule has 0 aliphatic heterocycles. The second-order valence-electron chi connectivity index (χ2n) is 5.98. The van der Waals surface area contributed by atoms with Crippen molar-refractivity contribution in [1.82, 2.24) is 9.71 Å². The van der Waals surface area contributed by atoms with E-state index in [1.54, 1.807) is 36.7 Å². The van der Waals surface area contributed by atoms with Crippen LogP contribution >= 0.6 is 11.6 Å². The largest absolute Gasteiger partial charge is 0.489 e. The molecular weight excluding hydrogens is 414 g/mol. The van der Waals surface area contributed by atoms with Gasteiger partial charge in [0.2, 0.25) is 10.0 Å². The number of nitrogens with zero attached hydrogens (tertiary/aromatic N) is 1. The maximum atomic E-state index is 12.6. The molecule has 0 aliphatic carbocycles. The molecule has 0 saturated carbocycles. The van der Waals surface area contributed by atoms with Crippen molar-refractivity contribution in [2.24, 2.45) is 0 Å². The lowest BCUT2D eigenvalue weighted by molar-refractivity contribution is 0.102. The third-order valence-corrected chi connectivity index (χ3v) is 5.89. The first-order valence-corrected chi connectivity index (χ1v) is 10.4. The van der Waals surface area contributed by atoms with E-state index in [1.165, 1.54) is 25.2 Å². The average Bonchev–Trinajstić information content (AvgIpc) is 2.73. The highest BCUT2D eigenvalue weighted by Gasteiger charge is 2.18. The number of hydrogen-bond acceptors (Lipinski definition) is 5. The number of anilines is 1. The van der Waals surface area contributed by atoms with E-state index in [0.29, 0.717) is 18.0 Å². The van der Waals surface area contributed by atoms with Crippen LogP contribution in [0.1, 0.15) is 15.9 Å². The second-order valence-corrected chi connectivity index (χ2v) is 8.24. The lowest BCUT2D eigenvalue weighted by atomic mass is 10.2. The Balaban J connectivity index is 1.73. The van der Waals surface area contributed by atoms with Crippen LogP contribution in [0.25, 0.3) is 0 Å². The molecule has 1 heterocycles. The number of pyridine rings is 1. The molecule has 0 spiro atoms. The number of ether oxygens (including phenoxy) is 1. The first-order chi connectivity index (χ1) is 13.9. The Kier molecular flexibility index (Phi) is 6.48. The van der Waals surface area contributed by atoms with E-state index in [9.17, 15) is 13.2 Å². The van der Waals surface area contributed by atoms with Crippen LogP contribution in [0.3, 0.4) is 0 Å². The second kappa shape index (κ2) is 9.04. The summed E-state index contributed by atoms with van der Waals surface area (Å²) >= 11 is 5.96. The molecule has 1 aromatic heterocycles. The van der Waals surface area contributed by atoms with E-state index in [1.807, 2.05) is 12.1 Å². The van der Waals surface area contributed by atoms with E-state index in [-0.39, 0.29) is 15.5 Å². The third kappa shape index (κ3) is 5.32. The van der Waals surface area contributed by atoms with Gasteiger partial charge in [0.15, 0.2) is 0 Å². The quantitative estimate of drug-likeness (QED) is 0.597. The fourth-order valence-electron chi connectivity index (χ4n) is 2.47. The lowest BCUT2D eigenvalue weighted by Gasteiger charge is -2.11. The van der Waals surface area contributed by atoms with Crippen LogP contribution in [0.5, 0.6) is 5.75 Å². The summed E-state index contributed by atoms with van der Waals surface area (Å²) in [6, 6.07) is 14.7. The van der Waals surface area contributed by atoms with E-state index < -0.39 is 15.9 Å². The van der Waals surface area contributed by atoms with Crippen LogP contribution in [-0.2, 0) is 16.6 Å². The Morgan fingerprint density at radius 3 is 2.59 bits per heavy atom. The Morgan fingerprint density at radius 1 is 1.10 bits per heavy atom. The van der Waals surface area contributed by atoms with Gasteiger partial charge in [0, 0.05) is 29.7 Å². The van der Waals surface area contributed by atoms with Gasteiger partial charge in [0.1, 0.15) is 17.3 Å². The normalized spacial score (nSPS) is 11.1. The molecule has 0 saturated heterocycles. The number of rotatable bonds is 7. The summed E-state index contributed by atoms with van der Waals surface area (Å²) in [5.74, 6) is 0.106. The van der Waals surface area contributed by atoms with E-state index >= 15 is 0 Å². The zero-order valence-corrected chi connectivity index (χ0v) is 17.0. The number of benzene rings is 2. The Labute approximate surface area is 173 Å². The molecule has 0 unspecified atom stereocenters. The standard InChI is InChI=1S/C20H18ClN3O4S/c1-22-29(26,27)19-11-15(5-6-18(19)21)20(25)24-16-3-2-4-17(12-16)28-13-14-7-9-23-10-8-14/h2-12,22H,13H2,1H3,(H,24,25). The van der Waals surface area contributed by atoms with Gasteiger partial charge in [-0.15, -0.1) is 0 Å². The Bertz CT molecular complexity index is 1120. The molecule has 2 N–H and O–H groups in total. The highest BCUT2D eigenvalue weighted by atomic mass is 35.5. The first kappa shape index (κ1) is 20.8. The number of hydrogen-bond donors (Lipinski definition) is 2. The van der Waals surface area contributed by atoms with Crippen molar-refractivity contribution in [3.63, 3.8) is 0 Å². The van der Waals surface area contributed by atoms with Crippen molar-refractivity contribution >= 4 is 33.2 Å². The molecule has 1 amide bonds. The SMILES string of the molecule is CNS(=O)(=O)c1cc(C(=O)Nc2cccc(OCc3ccncc3)c2)ccc1Cl. The van der Waals surface area contributed by atoms with Gasteiger partial charge in [0.05, 0.1) is 5.02 Å². The Morgan fingerprint density at radius 2 is 1.86 bits per heavy atom. The number of carbonyl (C=O) groups excluding carboxylic acids is 1. The van der Waals surface area contributed by atoms with Crippen LogP contribution in [-0.4, -0.2) is 26.4 Å². The van der Waals surface area contributed by atoms with Gasteiger partial charge in [-0.2, -0.15) is 0 Å². The zero-order chi connectivity index (χ0) is 20.9. The predicted octanol–water partition coefficient (Wildman–Crippen LogP) is 3.47. The average molecular weight is 432 g/mol. The molecular formula is C20H18ClN3O4S. The summed E-state index contributed by atoms with van der Waals surface area (Å²) in [6.07, 6.45) is 3.37. The van der Waals surface area contributed by atoms with Gasteiger partial charge in [-0.05, 0) is 55.1 Å². The summed E-state index contributed by atoms with van der Waals surface area (Å²) in [4.78, 5) is 16.4. The van der Waals surface area contributed by atoms with Gasteiger partial charge in [-0.1, -0.05) is 17.7 Å². The predicted molar refractivity (Wildman–Crippen MR) is 111 cm³/mol.